The highest BCUT2D eigenvalue weighted by molar-refractivity contribution is 8.01. The first-order valence-corrected chi connectivity index (χ1v) is 8.56. The number of carbonyl (C=O) groups is 1. The lowest BCUT2D eigenvalue weighted by atomic mass is 9.99. The summed E-state index contributed by atoms with van der Waals surface area (Å²) >= 11 is 11.1. The van der Waals surface area contributed by atoms with E-state index < -0.39 is 33.8 Å². The van der Waals surface area contributed by atoms with Crippen molar-refractivity contribution in [2.75, 3.05) is 18.1 Å². The third kappa shape index (κ3) is 3.21. The zero-order valence-electron chi connectivity index (χ0n) is 11.6. The minimum Gasteiger partial charge on any atom is -0.392 e. The van der Waals surface area contributed by atoms with Crippen LogP contribution in [0.4, 0.5) is 14.5 Å². The summed E-state index contributed by atoms with van der Waals surface area (Å²) < 4.78 is 26.9. The molecule has 3 N–H and O–H groups in total. The average Bonchev–Trinajstić information content (AvgIpc) is 2.47. The molecule has 3 atom stereocenters. The van der Waals surface area contributed by atoms with E-state index in [4.69, 9.17) is 11.6 Å². The molecular formula is C13H15ClF2N2O2S2. The summed E-state index contributed by atoms with van der Waals surface area (Å²) in [5.74, 6) is -2.42. The number of piperidine rings is 1. The molecule has 122 valence electrons. The van der Waals surface area contributed by atoms with Crippen LogP contribution in [0, 0.1) is 11.6 Å². The molecule has 1 fully saturated rings. The van der Waals surface area contributed by atoms with E-state index in [-0.39, 0.29) is 10.7 Å². The van der Waals surface area contributed by atoms with Crippen LogP contribution in [0.3, 0.4) is 0 Å². The summed E-state index contributed by atoms with van der Waals surface area (Å²) in [4.78, 5) is 11.3. The molecule has 22 heavy (non-hydrogen) atoms. The molecule has 1 saturated heterocycles. The van der Waals surface area contributed by atoms with Crippen molar-refractivity contribution in [3.8, 4) is 0 Å². The highest BCUT2D eigenvalue weighted by Crippen LogP contribution is 2.35. The Morgan fingerprint density at radius 2 is 2.23 bits per heavy atom. The first kappa shape index (κ1) is 17.8. The summed E-state index contributed by atoms with van der Waals surface area (Å²) in [6.45, 7) is 0.416. The van der Waals surface area contributed by atoms with Gasteiger partial charge in [0.2, 0.25) is 0 Å². The third-order valence-corrected chi connectivity index (χ3v) is 5.95. The first-order chi connectivity index (χ1) is 10.3. The zero-order valence-corrected chi connectivity index (χ0v) is 14.0. The third-order valence-electron chi connectivity index (χ3n) is 3.53. The van der Waals surface area contributed by atoms with Gasteiger partial charge in [-0.15, -0.1) is 11.8 Å². The number of aliphatic hydroxyl groups excluding tert-OH is 1. The van der Waals surface area contributed by atoms with Crippen molar-refractivity contribution in [1.29, 1.82) is 0 Å². The Labute approximate surface area is 141 Å². The minimum atomic E-state index is -1.23. The standard InChI is InChI=1S/C13H15ClF2N2O2S2/c1-22-13(11(21)10(19)2-3-17-13)12(20)18-9-4-6(14)7(15)5-8(9)16/h4-5,10-11,17,19,21H,2-3H2,1H3,(H,18,20)/t10-,11?,13+/m0/s1. The van der Waals surface area contributed by atoms with E-state index in [1.165, 1.54) is 0 Å². The number of hydrogen-bond donors (Lipinski definition) is 4. The van der Waals surface area contributed by atoms with Crippen molar-refractivity contribution in [1.82, 2.24) is 5.32 Å². The van der Waals surface area contributed by atoms with Gasteiger partial charge in [-0.25, -0.2) is 8.78 Å². The second-order valence-electron chi connectivity index (χ2n) is 4.87. The molecule has 1 aliphatic heterocycles. The average molecular weight is 369 g/mol. The lowest BCUT2D eigenvalue weighted by molar-refractivity contribution is -0.120. The topological polar surface area (TPSA) is 61.4 Å². The van der Waals surface area contributed by atoms with Gasteiger partial charge in [-0.05, 0) is 25.3 Å². The number of anilines is 1. The van der Waals surface area contributed by atoms with Crippen molar-refractivity contribution in [3.63, 3.8) is 0 Å². The number of rotatable bonds is 3. The summed E-state index contributed by atoms with van der Waals surface area (Å²) in [7, 11) is 0. The van der Waals surface area contributed by atoms with Gasteiger partial charge in [0.15, 0.2) is 4.87 Å². The second kappa shape index (κ2) is 6.92. The molecule has 1 aromatic rings. The molecule has 0 bridgehead atoms. The number of halogens is 3. The maximum Gasteiger partial charge on any atom is 0.256 e. The highest BCUT2D eigenvalue weighted by atomic mass is 35.5. The molecule has 4 nitrogen and oxygen atoms in total. The van der Waals surface area contributed by atoms with Gasteiger partial charge in [0, 0.05) is 6.07 Å². The van der Waals surface area contributed by atoms with Crippen molar-refractivity contribution in [3.05, 3.63) is 28.8 Å². The van der Waals surface area contributed by atoms with Crippen molar-refractivity contribution in [2.45, 2.75) is 22.6 Å². The number of nitrogens with one attached hydrogen (secondary N) is 2. The van der Waals surface area contributed by atoms with Crippen LogP contribution >= 0.6 is 36.0 Å². The highest BCUT2D eigenvalue weighted by Gasteiger charge is 2.49. The maximum atomic E-state index is 13.8. The molecule has 0 saturated carbocycles. The minimum absolute atomic E-state index is 0.229. The molecular weight excluding hydrogens is 354 g/mol. The van der Waals surface area contributed by atoms with Gasteiger partial charge < -0.3 is 10.4 Å². The fraction of sp³-hybridized carbons (Fsp3) is 0.462. The summed E-state index contributed by atoms with van der Waals surface area (Å²) in [5.41, 5.74) is -0.229. The predicted molar refractivity (Wildman–Crippen MR) is 87.6 cm³/mol. The Bertz CT molecular complexity index is 593. The van der Waals surface area contributed by atoms with Crippen molar-refractivity contribution in [2.24, 2.45) is 0 Å². The van der Waals surface area contributed by atoms with Crippen molar-refractivity contribution < 1.29 is 18.7 Å². The Kier molecular flexibility index (Phi) is 5.60. The quantitative estimate of drug-likeness (QED) is 0.488. The number of thioether (sulfide) groups is 1. The van der Waals surface area contributed by atoms with Gasteiger partial charge in [0.25, 0.3) is 5.91 Å². The van der Waals surface area contributed by atoms with Gasteiger partial charge in [-0.3, -0.25) is 10.1 Å². The van der Waals surface area contributed by atoms with Crippen molar-refractivity contribution >= 4 is 47.6 Å². The van der Waals surface area contributed by atoms with E-state index in [1.807, 2.05) is 0 Å². The Morgan fingerprint density at radius 3 is 2.86 bits per heavy atom. The number of hydrogen-bond acceptors (Lipinski definition) is 5. The molecule has 0 radical (unpaired) electrons. The Morgan fingerprint density at radius 1 is 1.55 bits per heavy atom. The van der Waals surface area contributed by atoms with E-state index in [0.29, 0.717) is 19.0 Å². The molecule has 1 heterocycles. The fourth-order valence-corrected chi connectivity index (χ4v) is 3.99. The Hall–Kier alpha value is -0.540. The monoisotopic (exact) mass is 368 g/mol. The number of carbonyl (C=O) groups excluding carboxylic acids is 1. The largest absolute Gasteiger partial charge is 0.392 e. The van der Waals surface area contributed by atoms with Gasteiger partial charge >= 0.3 is 0 Å². The van der Waals surface area contributed by atoms with Crippen LogP contribution in [0.2, 0.25) is 5.02 Å². The van der Waals surface area contributed by atoms with Crippen LogP contribution in [-0.2, 0) is 4.79 Å². The van der Waals surface area contributed by atoms with Crippen LogP contribution in [0.25, 0.3) is 0 Å². The van der Waals surface area contributed by atoms with Crippen LogP contribution in [0.5, 0.6) is 0 Å². The zero-order chi connectivity index (χ0) is 16.5. The van der Waals surface area contributed by atoms with E-state index in [9.17, 15) is 18.7 Å². The van der Waals surface area contributed by atoms with E-state index in [2.05, 4.69) is 23.3 Å². The number of amides is 1. The molecule has 1 unspecified atom stereocenters. The predicted octanol–water partition coefficient (Wildman–Crippen LogP) is 2.27. The summed E-state index contributed by atoms with van der Waals surface area (Å²) in [6.07, 6.45) is 1.37. The van der Waals surface area contributed by atoms with Gasteiger partial charge in [0.1, 0.15) is 11.6 Å². The smallest absolute Gasteiger partial charge is 0.256 e. The van der Waals surface area contributed by atoms with E-state index >= 15 is 0 Å². The second-order valence-corrected chi connectivity index (χ2v) is 6.88. The number of benzene rings is 1. The molecule has 9 heteroatoms. The van der Waals surface area contributed by atoms with Gasteiger partial charge in [-0.2, -0.15) is 12.6 Å². The molecule has 2 rings (SSSR count). The van der Waals surface area contributed by atoms with Gasteiger partial charge in [0.05, 0.1) is 22.1 Å². The summed E-state index contributed by atoms with van der Waals surface area (Å²) in [6, 6.07) is 1.61. The maximum absolute atomic E-state index is 13.8. The van der Waals surface area contributed by atoms with Crippen LogP contribution in [-0.4, -0.2) is 40.0 Å². The summed E-state index contributed by atoms with van der Waals surface area (Å²) in [5, 5.41) is 14.4. The van der Waals surface area contributed by atoms with E-state index in [0.717, 1.165) is 17.8 Å². The molecule has 1 aliphatic rings. The molecule has 0 aliphatic carbocycles. The number of thiol groups is 1. The molecule has 0 aromatic heterocycles. The fourth-order valence-electron chi connectivity index (χ4n) is 2.27. The Balaban J connectivity index is 2.28. The first-order valence-electron chi connectivity index (χ1n) is 6.44. The van der Waals surface area contributed by atoms with Crippen LogP contribution in [0.1, 0.15) is 6.42 Å². The lowest BCUT2D eigenvalue weighted by Crippen LogP contribution is -2.64. The number of aliphatic hydroxyl groups is 1. The molecule has 1 aromatic carbocycles. The lowest BCUT2D eigenvalue weighted by Gasteiger charge is -2.42. The van der Waals surface area contributed by atoms with Gasteiger partial charge in [-0.1, -0.05) is 11.6 Å². The normalized spacial score (nSPS) is 28.5. The molecule has 1 amide bonds. The van der Waals surface area contributed by atoms with E-state index in [1.54, 1.807) is 6.26 Å². The SMILES string of the molecule is CS[C@]1(C(=O)Nc2cc(Cl)c(F)cc2F)NCC[C@H](O)C1S. The van der Waals surface area contributed by atoms with Crippen LogP contribution < -0.4 is 10.6 Å². The van der Waals surface area contributed by atoms with Crippen LogP contribution in [0.15, 0.2) is 12.1 Å². The molecule has 0 spiro atoms.